The second-order valence-corrected chi connectivity index (χ2v) is 15.4. The highest BCUT2D eigenvalue weighted by Crippen LogP contribution is 2.29. The second kappa shape index (κ2) is 26.8. The maximum Gasteiger partial charge on any atom is 0.132 e. The summed E-state index contributed by atoms with van der Waals surface area (Å²) in [4.78, 5) is 0. The minimum atomic E-state index is -0.777. The van der Waals surface area contributed by atoms with Crippen LogP contribution in [-0.4, -0.2) is 29.5 Å². The van der Waals surface area contributed by atoms with Crippen molar-refractivity contribution in [2.45, 2.75) is 178 Å². The van der Waals surface area contributed by atoms with Gasteiger partial charge in [-0.1, -0.05) is 93.2 Å². The van der Waals surface area contributed by atoms with Crippen LogP contribution in [0.3, 0.4) is 0 Å². The summed E-state index contributed by atoms with van der Waals surface area (Å²) in [6, 6.07) is 0. The Morgan fingerprint density at radius 2 is 0.804 bits per heavy atom. The van der Waals surface area contributed by atoms with Crippen LogP contribution in [0.5, 0.6) is 0 Å². The Balaban J connectivity index is 2.30. The molecule has 0 aliphatic heterocycles. The van der Waals surface area contributed by atoms with E-state index in [2.05, 4.69) is 111 Å². The summed E-state index contributed by atoms with van der Waals surface area (Å²) in [5.41, 5.74) is 13.4. The maximum atomic E-state index is 10.6. The Morgan fingerprint density at radius 3 is 1.10 bits per heavy atom. The highest BCUT2D eigenvalue weighted by atomic mass is 16.5. The van der Waals surface area contributed by atoms with Crippen LogP contribution in [0.4, 0.5) is 0 Å². The predicted molar refractivity (Wildman–Crippen MR) is 225 cm³/mol. The summed E-state index contributed by atoms with van der Waals surface area (Å²) < 4.78 is 5.25. The zero-order valence-corrected chi connectivity index (χ0v) is 34.8. The number of ether oxygens (including phenoxy) is 1. The molecule has 3 nitrogen and oxygen atoms in total. The second-order valence-electron chi connectivity index (χ2n) is 15.4. The molecule has 51 heavy (non-hydrogen) atoms. The summed E-state index contributed by atoms with van der Waals surface area (Å²) in [6.07, 6.45) is 35.6. The third kappa shape index (κ3) is 21.9. The third-order valence-electron chi connectivity index (χ3n) is 10.1. The topological polar surface area (TPSA) is 49.7 Å². The van der Waals surface area contributed by atoms with Crippen molar-refractivity contribution in [3.05, 3.63) is 116 Å². The molecule has 1 rings (SSSR count). The van der Waals surface area contributed by atoms with Crippen molar-refractivity contribution in [1.29, 1.82) is 0 Å². The lowest BCUT2D eigenvalue weighted by Gasteiger charge is -2.26. The van der Waals surface area contributed by atoms with Crippen LogP contribution in [0.1, 0.15) is 166 Å². The molecule has 0 fully saturated rings. The maximum absolute atomic E-state index is 10.6. The van der Waals surface area contributed by atoms with Gasteiger partial charge in [0.1, 0.15) is 11.9 Å². The molecule has 0 aromatic rings. The lowest BCUT2D eigenvalue weighted by atomic mass is 9.89. The van der Waals surface area contributed by atoms with E-state index in [4.69, 9.17) is 4.74 Å². The molecule has 0 radical (unpaired) electrons. The molecule has 0 aromatic heterocycles. The minimum absolute atomic E-state index is 0.429. The van der Waals surface area contributed by atoms with Crippen LogP contribution in [-0.2, 0) is 4.74 Å². The SMILES string of the molecule is COC1=CC(O)C(C)=C(CC=C(C)CCC=C(C)CCC=C(C)CCC=C(C)CCC=C(C)CCC=C(C)CCC=C(C)CCC=C(C)C)C1O. The molecule has 3 heteroatoms. The molecular formula is C48H76O3. The average molecular weight is 701 g/mol. The molecule has 0 amide bonds. The normalized spacial score (nSPS) is 18.8. The van der Waals surface area contributed by atoms with Crippen molar-refractivity contribution in [1.82, 2.24) is 0 Å². The first-order chi connectivity index (χ1) is 24.2. The smallest absolute Gasteiger partial charge is 0.132 e. The van der Waals surface area contributed by atoms with Gasteiger partial charge in [-0.2, -0.15) is 0 Å². The van der Waals surface area contributed by atoms with Gasteiger partial charge in [0.2, 0.25) is 0 Å². The van der Waals surface area contributed by atoms with E-state index in [-0.39, 0.29) is 0 Å². The molecule has 0 spiro atoms. The molecule has 1 aliphatic rings. The van der Waals surface area contributed by atoms with Crippen LogP contribution in [0, 0.1) is 0 Å². The Hall–Kier alpha value is -2.88. The Labute approximate surface area is 315 Å². The Morgan fingerprint density at radius 1 is 0.510 bits per heavy atom. The molecule has 2 N–H and O–H groups in total. The first-order valence-electron chi connectivity index (χ1n) is 19.8. The Bertz CT molecular complexity index is 1360. The quantitative estimate of drug-likeness (QED) is 0.0986. The van der Waals surface area contributed by atoms with Crippen LogP contribution in [0.15, 0.2) is 116 Å². The van der Waals surface area contributed by atoms with Gasteiger partial charge in [0.15, 0.2) is 0 Å². The van der Waals surface area contributed by atoms with E-state index in [1.807, 2.05) is 6.92 Å². The van der Waals surface area contributed by atoms with Gasteiger partial charge in [0.05, 0.1) is 13.2 Å². The molecule has 286 valence electrons. The third-order valence-corrected chi connectivity index (χ3v) is 10.1. The predicted octanol–water partition coefficient (Wildman–Crippen LogP) is 14.0. The van der Waals surface area contributed by atoms with Crippen molar-refractivity contribution in [3.8, 4) is 0 Å². The zero-order valence-electron chi connectivity index (χ0n) is 34.8. The molecule has 0 aromatic carbocycles. The van der Waals surface area contributed by atoms with Gasteiger partial charge in [0, 0.05) is 0 Å². The van der Waals surface area contributed by atoms with Gasteiger partial charge in [-0.15, -0.1) is 0 Å². The van der Waals surface area contributed by atoms with E-state index in [9.17, 15) is 10.2 Å². The van der Waals surface area contributed by atoms with E-state index in [1.54, 1.807) is 6.08 Å². The summed E-state index contributed by atoms with van der Waals surface area (Å²) >= 11 is 0. The summed E-state index contributed by atoms with van der Waals surface area (Å²) in [7, 11) is 1.53. The van der Waals surface area contributed by atoms with E-state index >= 15 is 0 Å². The summed E-state index contributed by atoms with van der Waals surface area (Å²) in [5.74, 6) is 0.429. The van der Waals surface area contributed by atoms with Gasteiger partial charge < -0.3 is 14.9 Å². The fraction of sp³-hybridized carbons (Fsp3) is 0.583. The number of hydrogen-bond donors (Lipinski definition) is 2. The molecule has 0 bridgehead atoms. The zero-order chi connectivity index (χ0) is 38.2. The molecule has 0 saturated heterocycles. The monoisotopic (exact) mass is 701 g/mol. The van der Waals surface area contributed by atoms with Crippen molar-refractivity contribution in [3.63, 3.8) is 0 Å². The molecule has 0 heterocycles. The Kier molecular flexibility index (Phi) is 24.3. The number of aliphatic hydroxyl groups is 2. The van der Waals surface area contributed by atoms with E-state index in [0.29, 0.717) is 12.2 Å². The largest absolute Gasteiger partial charge is 0.498 e. The van der Waals surface area contributed by atoms with E-state index < -0.39 is 12.2 Å². The molecule has 1 aliphatic carbocycles. The van der Waals surface area contributed by atoms with Crippen molar-refractivity contribution in [2.75, 3.05) is 7.11 Å². The van der Waals surface area contributed by atoms with Gasteiger partial charge in [0.25, 0.3) is 0 Å². The minimum Gasteiger partial charge on any atom is -0.498 e. The lowest BCUT2D eigenvalue weighted by molar-refractivity contribution is 0.133. The summed E-state index contributed by atoms with van der Waals surface area (Å²) in [5, 5.41) is 20.8. The van der Waals surface area contributed by atoms with E-state index in [1.165, 1.54) is 64.5 Å². The number of allylic oxidation sites excluding steroid dienone is 16. The molecule has 0 saturated carbocycles. The number of aliphatic hydroxyl groups excluding tert-OH is 2. The molecule has 2 atom stereocenters. The van der Waals surface area contributed by atoms with Gasteiger partial charge in [-0.3, -0.25) is 0 Å². The lowest BCUT2D eigenvalue weighted by Crippen LogP contribution is -2.26. The number of rotatable bonds is 24. The fourth-order valence-corrected chi connectivity index (χ4v) is 6.27. The van der Waals surface area contributed by atoms with Crippen molar-refractivity contribution >= 4 is 0 Å². The number of methoxy groups -OCH3 is 1. The standard InChI is InChI=1S/C48H76O3/c1-36(2)19-12-20-37(3)21-13-22-38(4)23-14-24-39(5)25-15-26-40(6)27-16-28-41(7)29-17-30-42(8)31-18-32-43(9)33-34-45-44(10)46(49)35-47(51-11)48(45)50/h19,21,23,25,27,29,31,33,35,46,48-50H,12-18,20,22,24,26,28,30,32,34H2,1-11H3. The van der Waals surface area contributed by atoms with Gasteiger partial charge in [-0.25, -0.2) is 0 Å². The van der Waals surface area contributed by atoms with Gasteiger partial charge >= 0.3 is 0 Å². The van der Waals surface area contributed by atoms with Crippen LogP contribution in [0.25, 0.3) is 0 Å². The number of hydrogen-bond acceptors (Lipinski definition) is 3. The molecule has 2 unspecified atom stereocenters. The average Bonchev–Trinajstić information content (AvgIpc) is 3.06. The first kappa shape index (κ1) is 46.1. The van der Waals surface area contributed by atoms with Gasteiger partial charge in [-0.05, 0) is 183 Å². The van der Waals surface area contributed by atoms with Crippen LogP contribution >= 0.6 is 0 Å². The fourth-order valence-electron chi connectivity index (χ4n) is 6.27. The van der Waals surface area contributed by atoms with E-state index in [0.717, 1.165) is 88.2 Å². The first-order valence-corrected chi connectivity index (χ1v) is 19.8. The van der Waals surface area contributed by atoms with Crippen LogP contribution in [0.2, 0.25) is 0 Å². The summed E-state index contributed by atoms with van der Waals surface area (Å²) in [6.45, 7) is 22.0. The van der Waals surface area contributed by atoms with Crippen molar-refractivity contribution in [2.24, 2.45) is 0 Å². The highest BCUT2D eigenvalue weighted by Gasteiger charge is 2.26. The highest BCUT2D eigenvalue weighted by molar-refractivity contribution is 5.36. The van der Waals surface area contributed by atoms with Crippen LogP contribution < -0.4 is 0 Å². The molecular weight excluding hydrogens is 625 g/mol. The van der Waals surface area contributed by atoms with Crippen molar-refractivity contribution < 1.29 is 14.9 Å².